The van der Waals surface area contributed by atoms with Crippen LogP contribution in [0.15, 0.2) is 49.0 Å². The van der Waals surface area contributed by atoms with Gasteiger partial charge in [-0.15, -0.1) is 0 Å². The number of carbonyl (C=O) groups is 4. The number of hydrazine groups is 1. The van der Waals surface area contributed by atoms with E-state index in [0.717, 1.165) is 28.7 Å². The van der Waals surface area contributed by atoms with E-state index in [1.165, 1.54) is 5.01 Å². The molecule has 11 nitrogen and oxygen atoms in total. The minimum Gasteiger partial charge on any atom is -0.543 e. The molecule has 290 valence electrons. The van der Waals surface area contributed by atoms with Crippen LogP contribution >= 0.6 is 0 Å². The van der Waals surface area contributed by atoms with Gasteiger partial charge in [-0.3, -0.25) is 19.4 Å². The van der Waals surface area contributed by atoms with E-state index in [-0.39, 0.29) is 23.5 Å². The summed E-state index contributed by atoms with van der Waals surface area (Å²) < 4.78 is 18.0. The predicted molar refractivity (Wildman–Crippen MR) is 209 cm³/mol. The van der Waals surface area contributed by atoms with Crippen LogP contribution in [0.2, 0.25) is 18.1 Å². The second kappa shape index (κ2) is 16.9. The smallest absolute Gasteiger partial charge is 0.408 e. The fraction of sp³-hybridized carbons (Fsp3) is 0.561. The maximum absolute atomic E-state index is 14.4. The predicted octanol–water partition coefficient (Wildman–Crippen LogP) is 7.02. The number of aryl methyl sites for hydroxylation is 1. The zero-order valence-electron chi connectivity index (χ0n) is 33.3. The van der Waals surface area contributed by atoms with Crippen LogP contribution in [0.1, 0.15) is 103 Å². The highest BCUT2D eigenvalue weighted by atomic mass is 28.4. The first-order chi connectivity index (χ1) is 24.7. The molecule has 0 bridgehead atoms. The first-order valence-electron chi connectivity index (χ1n) is 18.8. The molecule has 1 heterocycles. The Kier molecular flexibility index (Phi) is 13.2. The summed E-state index contributed by atoms with van der Waals surface area (Å²) in [6.07, 6.45) is 3.38. The summed E-state index contributed by atoms with van der Waals surface area (Å²) in [6.45, 7) is 23.9. The molecule has 12 heteroatoms. The van der Waals surface area contributed by atoms with E-state index in [2.05, 4.69) is 62.6 Å². The molecule has 3 N–H and O–H groups in total. The van der Waals surface area contributed by atoms with Crippen LogP contribution in [0, 0.1) is 5.92 Å². The van der Waals surface area contributed by atoms with Crippen molar-refractivity contribution in [1.82, 2.24) is 21.1 Å². The number of benzene rings is 2. The van der Waals surface area contributed by atoms with Gasteiger partial charge < -0.3 is 24.5 Å². The number of hydrogen-bond donors (Lipinski definition) is 3. The molecular formula is C41H60N4O7Si. The van der Waals surface area contributed by atoms with E-state index in [1.807, 2.05) is 50.2 Å². The number of ether oxygens (including phenoxy) is 2. The van der Waals surface area contributed by atoms with Crippen molar-refractivity contribution in [3.05, 3.63) is 71.3 Å². The number of alkyl carbamates (subject to hydrolysis) is 1. The number of fused-ring (bicyclic) bond motifs is 1. The van der Waals surface area contributed by atoms with Crippen molar-refractivity contribution in [2.75, 3.05) is 6.54 Å². The summed E-state index contributed by atoms with van der Waals surface area (Å²) in [5.41, 5.74) is 6.25. The van der Waals surface area contributed by atoms with Crippen molar-refractivity contribution >= 4 is 38.3 Å². The minimum absolute atomic E-state index is 0.0181. The van der Waals surface area contributed by atoms with Crippen molar-refractivity contribution in [3.63, 3.8) is 0 Å². The maximum atomic E-state index is 14.4. The molecule has 4 atom stereocenters. The van der Waals surface area contributed by atoms with Gasteiger partial charge in [0.2, 0.25) is 14.2 Å². The SMILES string of the molecule is C=Cc1ccc2c(c1)C(OC(=O)C1CCCN(C(=O)C(Cc3cccc(O[Si](C)(C)C(C)(C)C)c3)NC(=O)C(NC(=O)OC(C)(C)C)C(C)C)N1)CC2. The molecular weight excluding hydrogens is 689 g/mol. The van der Waals surface area contributed by atoms with Crippen LogP contribution in [0.4, 0.5) is 4.79 Å². The quantitative estimate of drug-likeness (QED) is 0.156. The van der Waals surface area contributed by atoms with Gasteiger partial charge in [-0.05, 0) is 111 Å². The van der Waals surface area contributed by atoms with Gasteiger partial charge in [0.15, 0.2) is 0 Å². The summed E-state index contributed by atoms with van der Waals surface area (Å²) in [6, 6.07) is 10.9. The number of carbonyl (C=O) groups excluding carboxylic acids is 4. The van der Waals surface area contributed by atoms with Crippen LogP contribution in [-0.2, 0) is 36.7 Å². The van der Waals surface area contributed by atoms with E-state index in [0.29, 0.717) is 31.6 Å². The third-order valence-corrected chi connectivity index (χ3v) is 14.5. The van der Waals surface area contributed by atoms with Gasteiger partial charge in [-0.1, -0.05) is 71.5 Å². The fourth-order valence-corrected chi connectivity index (χ4v) is 7.23. The van der Waals surface area contributed by atoms with Crippen LogP contribution in [0.25, 0.3) is 6.08 Å². The Bertz CT molecular complexity index is 1660. The molecule has 0 saturated carbocycles. The van der Waals surface area contributed by atoms with E-state index in [4.69, 9.17) is 13.9 Å². The number of nitrogens with zero attached hydrogens (tertiary/aromatic N) is 1. The highest BCUT2D eigenvalue weighted by Crippen LogP contribution is 2.38. The molecule has 0 spiro atoms. The number of rotatable bonds is 12. The summed E-state index contributed by atoms with van der Waals surface area (Å²) in [5.74, 6) is -0.972. The first-order valence-corrected chi connectivity index (χ1v) is 21.7. The zero-order valence-corrected chi connectivity index (χ0v) is 34.3. The second-order valence-corrected chi connectivity index (χ2v) is 21.8. The molecule has 0 radical (unpaired) electrons. The molecule has 2 aromatic carbocycles. The lowest BCUT2D eigenvalue weighted by Crippen LogP contribution is -2.62. The highest BCUT2D eigenvalue weighted by molar-refractivity contribution is 6.74. The third-order valence-electron chi connectivity index (χ3n) is 10.2. The molecule has 2 aliphatic rings. The Labute approximate surface area is 316 Å². The lowest BCUT2D eigenvalue weighted by atomic mass is 10.0. The topological polar surface area (TPSA) is 135 Å². The lowest BCUT2D eigenvalue weighted by molar-refractivity contribution is -0.157. The van der Waals surface area contributed by atoms with Gasteiger partial charge in [0.05, 0.1) is 0 Å². The van der Waals surface area contributed by atoms with Crippen LogP contribution in [0.5, 0.6) is 5.75 Å². The second-order valence-electron chi connectivity index (χ2n) is 17.1. The maximum Gasteiger partial charge on any atom is 0.408 e. The standard InChI is InChI=1S/C41H60N4O7Si/c1-12-27-18-19-29-20-21-34(31(29)24-27)50-38(48)32-17-14-22-45(44-32)37(47)33(42-36(46)35(26(2)3)43-39(49)51-40(4,5)6)25-28-15-13-16-30(23-28)52-53(10,11)41(7,8)9/h12-13,15-16,18-19,23-24,26,32-35,44H,1,14,17,20-22,25H2,2-11H3,(H,42,46)(H,43,49). The lowest BCUT2D eigenvalue weighted by Gasteiger charge is -2.37. The average Bonchev–Trinajstić information content (AvgIpc) is 3.46. The Morgan fingerprint density at radius 3 is 2.38 bits per heavy atom. The van der Waals surface area contributed by atoms with Gasteiger partial charge in [0.1, 0.15) is 35.6 Å². The molecule has 1 saturated heterocycles. The monoisotopic (exact) mass is 748 g/mol. The number of amides is 3. The number of esters is 1. The van der Waals surface area contributed by atoms with E-state index in [1.54, 1.807) is 26.8 Å². The van der Waals surface area contributed by atoms with Gasteiger partial charge in [0.25, 0.3) is 5.91 Å². The van der Waals surface area contributed by atoms with Crippen LogP contribution < -0.4 is 20.5 Å². The van der Waals surface area contributed by atoms with E-state index in [9.17, 15) is 19.2 Å². The van der Waals surface area contributed by atoms with Crippen molar-refractivity contribution in [2.45, 2.75) is 135 Å². The van der Waals surface area contributed by atoms with E-state index >= 15 is 0 Å². The Morgan fingerprint density at radius 2 is 1.74 bits per heavy atom. The first kappa shape index (κ1) is 41.6. The molecule has 4 unspecified atom stereocenters. The van der Waals surface area contributed by atoms with E-state index < -0.39 is 55.9 Å². The Hall–Kier alpha value is -4.16. The highest BCUT2D eigenvalue weighted by Gasteiger charge is 2.40. The number of nitrogens with one attached hydrogen (secondary N) is 3. The molecule has 1 aliphatic heterocycles. The summed E-state index contributed by atoms with van der Waals surface area (Å²) in [7, 11) is -2.16. The molecule has 0 aromatic heterocycles. The van der Waals surface area contributed by atoms with Crippen LogP contribution in [0.3, 0.4) is 0 Å². The fourth-order valence-electron chi connectivity index (χ4n) is 6.21. The Balaban J connectivity index is 1.55. The summed E-state index contributed by atoms with van der Waals surface area (Å²) >= 11 is 0. The van der Waals surface area contributed by atoms with Crippen molar-refractivity contribution in [1.29, 1.82) is 0 Å². The number of hydrogen-bond acceptors (Lipinski definition) is 8. The molecule has 4 rings (SSSR count). The largest absolute Gasteiger partial charge is 0.543 e. The van der Waals surface area contributed by atoms with Crippen LogP contribution in [-0.4, -0.2) is 67.5 Å². The average molecular weight is 749 g/mol. The zero-order chi connectivity index (χ0) is 39.3. The Morgan fingerprint density at radius 1 is 1.02 bits per heavy atom. The normalized spacial score (nSPS) is 18.7. The molecule has 1 fully saturated rings. The van der Waals surface area contributed by atoms with Gasteiger partial charge in [-0.2, -0.15) is 0 Å². The van der Waals surface area contributed by atoms with Crippen molar-refractivity contribution in [2.24, 2.45) is 5.92 Å². The molecule has 1 aliphatic carbocycles. The van der Waals surface area contributed by atoms with Gasteiger partial charge in [-0.25, -0.2) is 10.2 Å². The summed E-state index contributed by atoms with van der Waals surface area (Å²) in [5, 5.41) is 7.02. The van der Waals surface area contributed by atoms with Gasteiger partial charge >= 0.3 is 12.1 Å². The van der Waals surface area contributed by atoms with Crippen molar-refractivity contribution in [3.8, 4) is 5.75 Å². The summed E-state index contributed by atoms with van der Waals surface area (Å²) in [4.78, 5) is 54.5. The molecule has 2 aromatic rings. The van der Waals surface area contributed by atoms with Crippen molar-refractivity contribution < 1.29 is 33.1 Å². The molecule has 53 heavy (non-hydrogen) atoms. The third kappa shape index (κ3) is 11.2. The molecule has 3 amide bonds. The van der Waals surface area contributed by atoms with Gasteiger partial charge in [0, 0.05) is 13.0 Å². The minimum atomic E-state index is -2.16.